The predicted molar refractivity (Wildman–Crippen MR) is 72.1 cm³/mol. The summed E-state index contributed by atoms with van der Waals surface area (Å²) in [6, 6.07) is 8.59. The van der Waals surface area contributed by atoms with Crippen LogP contribution in [-0.4, -0.2) is 9.97 Å². The molecule has 1 heterocycles. The summed E-state index contributed by atoms with van der Waals surface area (Å²) in [5.74, 6) is 0.611. The summed E-state index contributed by atoms with van der Waals surface area (Å²) in [6.45, 7) is 6.16. The third-order valence-electron chi connectivity index (χ3n) is 3.16. The molecule has 2 rings (SSSR count). The van der Waals surface area contributed by atoms with Gasteiger partial charge in [-0.05, 0) is 25.8 Å². The number of imidazole rings is 1. The average Bonchev–Trinajstić information content (AvgIpc) is 2.80. The van der Waals surface area contributed by atoms with Crippen LogP contribution in [0.25, 0.3) is 11.3 Å². The van der Waals surface area contributed by atoms with Gasteiger partial charge in [-0.15, -0.1) is 0 Å². The van der Waals surface area contributed by atoms with Crippen molar-refractivity contribution >= 4 is 0 Å². The Morgan fingerprint density at radius 3 is 2.78 bits per heavy atom. The lowest BCUT2D eigenvalue weighted by molar-refractivity contribution is 0.766. The van der Waals surface area contributed by atoms with Crippen LogP contribution < -0.4 is 0 Å². The molecule has 0 radical (unpaired) electrons. The maximum Gasteiger partial charge on any atom is 0.123 e. The van der Waals surface area contributed by atoms with E-state index in [1.54, 1.807) is 0 Å². The fraction of sp³-hybridized carbons (Fsp3) is 0.333. The van der Waals surface area contributed by atoms with Gasteiger partial charge in [0.2, 0.25) is 0 Å². The number of nitrogens with zero attached hydrogens (tertiary/aromatic N) is 2. The second-order valence-electron chi connectivity index (χ2n) is 4.59. The minimum absolute atomic E-state index is 0.149. The lowest BCUT2D eigenvalue weighted by atomic mass is 10.0. The van der Waals surface area contributed by atoms with Crippen LogP contribution in [0.4, 0.5) is 0 Å². The zero-order valence-corrected chi connectivity index (χ0v) is 11.0. The van der Waals surface area contributed by atoms with Gasteiger partial charge in [0.25, 0.3) is 0 Å². The average molecular weight is 239 g/mol. The fourth-order valence-electron chi connectivity index (χ4n) is 2.11. The lowest BCUT2D eigenvalue weighted by Gasteiger charge is -2.05. The number of aromatic nitrogens is 2. The topological polar surface area (TPSA) is 52.5 Å². The van der Waals surface area contributed by atoms with Crippen molar-refractivity contribution in [2.75, 3.05) is 0 Å². The standard InChI is InChI=1S/C15H17N3/c1-4-12(8-16)15-17-9-14(18-15)13-6-5-10(2)7-11(13)3/h5-7,9,12H,4H2,1-3H3,(H,17,18). The Bertz CT molecular complexity index is 590. The quantitative estimate of drug-likeness (QED) is 0.887. The molecule has 0 aliphatic heterocycles. The Morgan fingerprint density at radius 1 is 1.39 bits per heavy atom. The fourth-order valence-corrected chi connectivity index (χ4v) is 2.11. The van der Waals surface area contributed by atoms with Gasteiger partial charge in [-0.3, -0.25) is 0 Å². The zero-order valence-electron chi connectivity index (χ0n) is 11.0. The molecule has 1 atom stereocenters. The van der Waals surface area contributed by atoms with Crippen LogP contribution in [0.2, 0.25) is 0 Å². The van der Waals surface area contributed by atoms with Gasteiger partial charge in [0.1, 0.15) is 11.7 Å². The second kappa shape index (κ2) is 5.05. The number of benzene rings is 1. The van der Waals surface area contributed by atoms with E-state index in [1.807, 2.05) is 13.1 Å². The molecular formula is C15H17N3. The summed E-state index contributed by atoms with van der Waals surface area (Å²) < 4.78 is 0. The van der Waals surface area contributed by atoms with E-state index in [0.29, 0.717) is 0 Å². The van der Waals surface area contributed by atoms with Gasteiger partial charge in [-0.2, -0.15) is 5.26 Å². The highest BCUT2D eigenvalue weighted by atomic mass is 14.9. The van der Waals surface area contributed by atoms with E-state index in [2.05, 4.69) is 48.1 Å². The van der Waals surface area contributed by atoms with Crippen LogP contribution in [0.15, 0.2) is 24.4 Å². The zero-order chi connectivity index (χ0) is 13.1. The van der Waals surface area contributed by atoms with E-state index in [0.717, 1.165) is 23.5 Å². The summed E-state index contributed by atoms with van der Waals surface area (Å²) in [7, 11) is 0. The minimum Gasteiger partial charge on any atom is -0.341 e. The van der Waals surface area contributed by atoms with Gasteiger partial charge in [0.05, 0.1) is 18.0 Å². The molecule has 3 heteroatoms. The molecule has 18 heavy (non-hydrogen) atoms. The number of nitrogens with one attached hydrogen (secondary N) is 1. The van der Waals surface area contributed by atoms with Crippen molar-refractivity contribution in [3.8, 4) is 17.3 Å². The summed E-state index contributed by atoms with van der Waals surface area (Å²) >= 11 is 0. The van der Waals surface area contributed by atoms with Crippen LogP contribution in [0, 0.1) is 25.2 Å². The molecule has 3 nitrogen and oxygen atoms in total. The number of hydrogen-bond donors (Lipinski definition) is 1. The molecule has 1 aromatic heterocycles. The Labute approximate surface area is 107 Å². The van der Waals surface area contributed by atoms with E-state index in [1.165, 1.54) is 11.1 Å². The maximum atomic E-state index is 9.04. The summed E-state index contributed by atoms with van der Waals surface area (Å²) in [4.78, 5) is 7.58. The monoisotopic (exact) mass is 239 g/mol. The van der Waals surface area contributed by atoms with Crippen molar-refractivity contribution in [1.82, 2.24) is 9.97 Å². The van der Waals surface area contributed by atoms with Crippen LogP contribution in [-0.2, 0) is 0 Å². The van der Waals surface area contributed by atoms with Gasteiger partial charge < -0.3 is 4.98 Å². The number of H-pyrrole nitrogens is 1. The number of aromatic amines is 1. The van der Waals surface area contributed by atoms with Crippen molar-refractivity contribution in [2.24, 2.45) is 0 Å². The molecule has 92 valence electrons. The molecule has 1 N–H and O–H groups in total. The number of nitriles is 1. The molecule has 0 bridgehead atoms. The van der Waals surface area contributed by atoms with Crippen LogP contribution in [0.3, 0.4) is 0 Å². The van der Waals surface area contributed by atoms with Crippen molar-refractivity contribution in [2.45, 2.75) is 33.1 Å². The molecular weight excluding hydrogens is 222 g/mol. The van der Waals surface area contributed by atoms with Gasteiger partial charge >= 0.3 is 0 Å². The van der Waals surface area contributed by atoms with E-state index in [-0.39, 0.29) is 5.92 Å². The molecule has 1 unspecified atom stereocenters. The number of rotatable bonds is 3. The first-order chi connectivity index (χ1) is 8.65. The van der Waals surface area contributed by atoms with E-state index in [4.69, 9.17) is 5.26 Å². The van der Waals surface area contributed by atoms with Crippen LogP contribution in [0.1, 0.15) is 36.2 Å². The number of hydrogen-bond acceptors (Lipinski definition) is 2. The van der Waals surface area contributed by atoms with Crippen LogP contribution >= 0.6 is 0 Å². The normalized spacial score (nSPS) is 12.1. The molecule has 0 saturated carbocycles. The maximum absolute atomic E-state index is 9.04. The van der Waals surface area contributed by atoms with E-state index >= 15 is 0 Å². The summed E-state index contributed by atoms with van der Waals surface area (Å²) in [5.41, 5.74) is 4.60. The van der Waals surface area contributed by atoms with Crippen molar-refractivity contribution in [3.05, 3.63) is 41.3 Å². The highest BCUT2D eigenvalue weighted by Crippen LogP contribution is 2.24. The first-order valence-corrected chi connectivity index (χ1v) is 6.17. The predicted octanol–water partition coefficient (Wildman–Crippen LogP) is 3.71. The Kier molecular flexibility index (Phi) is 3.47. The third kappa shape index (κ3) is 2.28. The van der Waals surface area contributed by atoms with E-state index < -0.39 is 0 Å². The molecule has 0 spiro atoms. The third-order valence-corrected chi connectivity index (χ3v) is 3.16. The molecule has 0 fully saturated rings. The molecule has 2 aromatic rings. The number of aryl methyl sites for hydroxylation is 2. The van der Waals surface area contributed by atoms with Gasteiger partial charge in [-0.1, -0.05) is 30.7 Å². The molecule has 0 amide bonds. The van der Waals surface area contributed by atoms with Gasteiger partial charge in [0, 0.05) is 5.56 Å². The molecule has 1 aromatic carbocycles. The first-order valence-electron chi connectivity index (χ1n) is 6.17. The molecule has 0 aliphatic carbocycles. The Morgan fingerprint density at radius 2 is 2.17 bits per heavy atom. The largest absolute Gasteiger partial charge is 0.341 e. The minimum atomic E-state index is -0.149. The first kappa shape index (κ1) is 12.4. The summed E-state index contributed by atoms with van der Waals surface area (Å²) in [5, 5.41) is 9.04. The van der Waals surface area contributed by atoms with Crippen molar-refractivity contribution in [3.63, 3.8) is 0 Å². The van der Waals surface area contributed by atoms with Crippen molar-refractivity contribution in [1.29, 1.82) is 5.26 Å². The Balaban J connectivity index is 2.38. The molecule has 0 saturated heterocycles. The highest BCUT2D eigenvalue weighted by molar-refractivity contribution is 5.63. The smallest absolute Gasteiger partial charge is 0.123 e. The molecule has 0 aliphatic rings. The summed E-state index contributed by atoms with van der Waals surface area (Å²) in [6.07, 6.45) is 2.59. The van der Waals surface area contributed by atoms with Crippen molar-refractivity contribution < 1.29 is 0 Å². The van der Waals surface area contributed by atoms with E-state index in [9.17, 15) is 0 Å². The highest BCUT2D eigenvalue weighted by Gasteiger charge is 2.13. The Hall–Kier alpha value is -2.08. The SMILES string of the molecule is CCC(C#N)c1ncc(-c2ccc(C)cc2C)[nH]1. The second-order valence-corrected chi connectivity index (χ2v) is 4.59. The van der Waals surface area contributed by atoms with Gasteiger partial charge in [-0.25, -0.2) is 4.98 Å². The lowest BCUT2D eigenvalue weighted by Crippen LogP contribution is -1.96. The van der Waals surface area contributed by atoms with Crippen LogP contribution in [0.5, 0.6) is 0 Å². The van der Waals surface area contributed by atoms with Gasteiger partial charge in [0.15, 0.2) is 0 Å².